The van der Waals surface area contributed by atoms with Crippen molar-refractivity contribution in [2.24, 2.45) is 5.73 Å². The van der Waals surface area contributed by atoms with Gasteiger partial charge in [-0.1, -0.05) is 11.6 Å². The van der Waals surface area contributed by atoms with Crippen LogP contribution >= 0.6 is 11.6 Å². The predicted molar refractivity (Wildman–Crippen MR) is 49.0 cm³/mol. The molecular formula is C9H7ClF5N. The fourth-order valence-electron chi connectivity index (χ4n) is 1.26. The minimum Gasteiger partial charge on any atom is -0.323 e. The predicted octanol–water partition coefficient (Wildman–Crippen LogP) is 3.57. The molecule has 0 aliphatic rings. The maximum Gasteiger partial charge on any atom is 0.390 e. The molecular weight excluding hydrogens is 253 g/mol. The van der Waals surface area contributed by atoms with Crippen LogP contribution in [0.1, 0.15) is 18.0 Å². The summed E-state index contributed by atoms with van der Waals surface area (Å²) in [5, 5.41) is -0.238. The lowest BCUT2D eigenvalue weighted by Crippen LogP contribution is -2.22. The Kier molecular flexibility index (Phi) is 3.75. The van der Waals surface area contributed by atoms with Gasteiger partial charge in [0, 0.05) is 16.6 Å². The first-order valence-corrected chi connectivity index (χ1v) is 4.55. The number of hydrogen-bond acceptors (Lipinski definition) is 1. The Morgan fingerprint density at radius 3 is 2.00 bits per heavy atom. The highest BCUT2D eigenvalue weighted by atomic mass is 35.5. The van der Waals surface area contributed by atoms with E-state index in [4.69, 9.17) is 17.3 Å². The van der Waals surface area contributed by atoms with E-state index in [1.807, 2.05) is 0 Å². The number of alkyl halides is 3. The van der Waals surface area contributed by atoms with Crippen molar-refractivity contribution < 1.29 is 22.0 Å². The average molecular weight is 260 g/mol. The normalized spacial score (nSPS) is 13.9. The van der Waals surface area contributed by atoms with E-state index in [1.165, 1.54) is 0 Å². The van der Waals surface area contributed by atoms with Crippen molar-refractivity contribution in [1.29, 1.82) is 0 Å². The van der Waals surface area contributed by atoms with Crippen LogP contribution in [0.3, 0.4) is 0 Å². The topological polar surface area (TPSA) is 26.0 Å². The molecule has 0 bridgehead atoms. The molecule has 0 fully saturated rings. The smallest absolute Gasteiger partial charge is 0.323 e. The van der Waals surface area contributed by atoms with Crippen LogP contribution in [-0.4, -0.2) is 6.18 Å². The van der Waals surface area contributed by atoms with Crippen LogP contribution in [0.2, 0.25) is 5.02 Å². The summed E-state index contributed by atoms with van der Waals surface area (Å²) in [5.41, 5.74) is 4.29. The van der Waals surface area contributed by atoms with Crippen LogP contribution in [0.4, 0.5) is 22.0 Å². The van der Waals surface area contributed by atoms with Crippen molar-refractivity contribution in [1.82, 2.24) is 0 Å². The third-order valence-corrected chi connectivity index (χ3v) is 2.08. The molecule has 1 rings (SSSR count). The lowest BCUT2D eigenvalue weighted by Gasteiger charge is -2.16. The molecule has 1 nitrogen and oxygen atoms in total. The van der Waals surface area contributed by atoms with Crippen molar-refractivity contribution in [2.45, 2.75) is 18.6 Å². The van der Waals surface area contributed by atoms with Gasteiger partial charge in [0.25, 0.3) is 0 Å². The van der Waals surface area contributed by atoms with Gasteiger partial charge in [0.05, 0.1) is 6.42 Å². The highest BCUT2D eigenvalue weighted by molar-refractivity contribution is 6.30. The van der Waals surface area contributed by atoms with Crippen molar-refractivity contribution in [3.63, 3.8) is 0 Å². The Morgan fingerprint density at radius 1 is 1.19 bits per heavy atom. The van der Waals surface area contributed by atoms with Gasteiger partial charge in [-0.2, -0.15) is 13.2 Å². The van der Waals surface area contributed by atoms with Gasteiger partial charge >= 0.3 is 6.18 Å². The van der Waals surface area contributed by atoms with Crippen LogP contribution in [0.15, 0.2) is 12.1 Å². The van der Waals surface area contributed by atoms with Gasteiger partial charge in [-0.05, 0) is 12.1 Å². The Morgan fingerprint density at radius 2 is 1.62 bits per heavy atom. The largest absolute Gasteiger partial charge is 0.390 e. The number of hydrogen-bond donors (Lipinski definition) is 1. The Bertz CT molecular complexity index is 367. The van der Waals surface area contributed by atoms with Crippen LogP contribution < -0.4 is 5.73 Å². The quantitative estimate of drug-likeness (QED) is 0.808. The summed E-state index contributed by atoms with van der Waals surface area (Å²) in [6.45, 7) is 0. The fraction of sp³-hybridized carbons (Fsp3) is 0.333. The first-order chi connectivity index (χ1) is 7.20. The molecule has 90 valence electrons. The minimum absolute atomic E-state index is 0.238. The number of nitrogens with two attached hydrogens (primary N) is 1. The molecule has 0 saturated heterocycles. The zero-order chi connectivity index (χ0) is 12.5. The molecule has 0 amide bonds. The van der Waals surface area contributed by atoms with Crippen LogP contribution in [0, 0.1) is 11.6 Å². The zero-order valence-corrected chi connectivity index (χ0v) is 8.54. The molecule has 2 N–H and O–H groups in total. The Hall–Kier alpha value is -0.880. The van der Waals surface area contributed by atoms with Crippen LogP contribution in [-0.2, 0) is 0 Å². The number of rotatable bonds is 2. The van der Waals surface area contributed by atoms with E-state index < -0.39 is 35.8 Å². The number of halogens is 6. The SMILES string of the molecule is N[C@@H](CC(F)(F)F)c1c(F)cc(Cl)cc1F. The highest BCUT2D eigenvalue weighted by Gasteiger charge is 2.33. The fourth-order valence-corrected chi connectivity index (χ4v) is 1.45. The maximum atomic E-state index is 13.2. The van der Waals surface area contributed by atoms with E-state index in [0.29, 0.717) is 0 Å². The third kappa shape index (κ3) is 3.31. The van der Waals surface area contributed by atoms with Crippen LogP contribution in [0.5, 0.6) is 0 Å². The molecule has 7 heteroatoms. The Labute approximate surface area is 93.0 Å². The van der Waals surface area contributed by atoms with E-state index >= 15 is 0 Å². The summed E-state index contributed by atoms with van der Waals surface area (Å²) in [6.07, 6.45) is -6.08. The van der Waals surface area contributed by atoms with Crippen LogP contribution in [0.25, 0.3) is 0 Å². The monoisotopic (exact) mass is 259 g/mol. The van der Waals surface area contributed by atoms with Gasteiger partial charge in [0.2, 0.25) is 0 Å². The van der Waals surface area contributed by atoms with E-state index in [2.05, 4.69) is 0 Å². The molecule has 16 heavy (non-hydrogen) atoms. The molecule has 1 aromatic carbocycles. The van der Waals surface area contributed by atoms with Gasteiger partial charge in [0.15, 0.2) is 0 Å². The van der Waals surface area contributed by atoms with Gasteiger partial charge in [0.1, 0.15) is 11.6 Å². The number of benzene rings is 1. The first kappa shape index (κ1) is 13.2. The summed E-state index contributed by atoms with van der Waals surface area (Å²) in [5.74, 6) is -2.36. The maximum absolute atomic E-state index is 13.2. The molecule has 1 aromatic rings. The second-order valence-electron chi connectivity index (χ2n) is 3.21. The van der Waals surface area contributed by atoms with Crippen molar-refractivity contribution >= 4 is 11.6 Å². The zero-order valence-electron chi connectivity index (χ0n) is 7.78. The summed E-state index contributed by atoms with van der Waals surface area (Å²) in [4.78, 5) is 0. The second-order valence-corrected chi connectivity index (χ2v) is 3.65. The van der Waals surface area contributed by atoms with Gasteiger partial charge in [-0.3, -0.25) is 0 Å². The van der Waals surface area contributed by atoms with Gasteiger partial charge in [-0.15, -0.1) is 0 Å². The summed E-state index contributed by atoms with van der Waals surface area (Å²) in [7, 11) is 0. The highest BCUT2D eigenvalue weighted by Crippen LogP contribution is 2.31. The molecule has 0 saturated carbocycles. The third-order valence-electron chi connectivity index (χ3n) is 1.87. The summed E-state index contributed by atoms with van der Waals surface area (Å²) < 4.78 is 62.3. The molecule has 0 radical (unpaired) electrons. The standard InChI is InChI=1S/C9H7ClF5N/c10-4-1-5(11)8(6(12)2-4)7(16)3-9(13,14)15/h1-2,7H,3,16H2/t7-/m0/s1. The van der Waals surface area contributed by atoms with Crippen molar-refractivity contribution in [3.05, 3.63) is 34.4 Å². The molecule has 0 aliphatic carbocycles. The van der Waals surface area contributed by atoms with E-state index in [-0.39, 0.29) is 5.02 Å². The molecule has 0 spiro atoms. The van der Waals surface area contributed by atoms with Gasteiger partial charge < -0.3 is 5.73 Å². The molecule has 1 atom stereocenters. The first-order valence-electron chi connectivity index (χ1n) is 4.17. The van der Waals surface area contributed by atoms with E-state index in [0.717, 1.165) is 12.1 Å². The lowest BCUT2D eigenvalue weighted by molar-refractivity contribution is -0.138. The molecule has 0 aliphatic heterocycles. The average Bonchev–Trinajstić information content (AvgIpc) is 1.96. The summed E-state index contributed by atoms with van der Waals surface area (Å²) in [6, 6.07) is -0.343. The second kappa shape index (κ2) is 4.55. The van der Waals surface area contributed by atoms with E-state index in [1.54, 1.807) is 0 Å². The molecule has 0 heterocycles. The molecule has 0 aromatic heterocycles. The van der Waals surface area contributed by atoms with Gasteiger partial charge in [-0.25, -0.2) is 8.78 Å². The summed E-state index contributed by atoms with van der Waals surface area (Å²) >= 11 is 5.32. The lowest BCUT2D eigenvalue weighted by atomic mass is 10.0. The minimum atomic E-state index is -4.59. The van der Waals surface area contributed by atoms with Crippen molar-refractivity contribution in [3.8, 4) is 0 Å². The molecule has 0 unspecified atom stereocenters. The Balaban J connectivity index is 3.04. The van der Waals surface area contributed by atoms with E-state index in [9.17, 15) is 22.0 Å². The van der Waals surface area contributed by atoms with Crippen molar-refractivity contribution in [2.75, 3.05) is 0 Å².